The number of aliphatic hydroxyl groups is 1. The van der Waals surface area contributed by atoms with Gasteiger partial charge in [-0.3, -0.25) is 0 Å². The van der Waals surface area contributed by atoms with Gasteiger partial charge in [0.2, 0.25) is 0 Å². The number of hydrogen-bond donors (Lipinski definition) is 2. The van der Waals surface area contributed by atoms with Crippen molar-refractivity contribution in [3.8, 4) is 0 Å². The summed E-state index contributed by atoms with van der Waals surface area (Å²) in [7, 11) is 0. The molecule has 0 radical (unpaired) electrons. The van der Waals surface area contributed by atoms with E-state index in [1.165, 1.54) is 0 Å². The van der Waals surface area contributed by atoms with Crippen molar-refractivity contribution < 1.29 is 5.11 Å². The molecular formula is C9H11N3OS. The van der Waals surface area contributed by atoms with Crippen LogP contribution >= 0.6 is 11.3 Å². The number of nitrogens with one attached hydrogen (secondary N) is 1. The minimum absolute atomic E-state index is 0.119. The summed E-state index contributed by atoms with van der Waals surface area (Å²) in [6.07, 6.45) is 0. The molecule has 0 aromatic carbocycles. The van der Waals surface area contributed by atoms with Gasteiger partial charge in [0.1, 0.15) is 17.3 Å². The van der Waals surface area contributed by atoms with Gasteiger partial charge in [0.05, 0.1) is 5.39 Å². The van der Waals surface area contributed by atoms with E-state index < -0.39 is 0 Å². The van der Waals surface area contributed by atoms with Crippen molar-refractivity contribution in [2.24, 2.45) is 0 Å². The molecule has 2 rings (SSSR count). The Bertz CT molecular complexity index is 441. The maximum Gasteiger partial charge on any atom is 0.157 e. The zero-order chi connectivity index (χ0) is 9.97. The van der Waals surface area contributed by atoms with E-state index in [1.807, 2.05) is 18.4 Å². The smallest absolute Gasteiger partial charge is 0.157 e. The third-order valence-electron chi connectivity index (χ3n) is 1.86. The first-order valence-corrected chi connectivity index (χ1v) is 5.32. The molecule has 0 bridgehead atoms. The summed E-state index contributed by atoms with van der Waals surface area (Å²) in [6.45, 7) is 2.71. The highest BCUT2D eigenvalue weighted by Crippen LogP contribution is 2.24. The number of nitrogens with zero attached hydrogens (tertiary/aromatic N) is 2. The third kappa shape index (κ3) is 1.56. The fourth-order valence-corrected chi connectivity index (χ4v) is 2.06. The molecule has 0 fully saturated rings. The molecular weight excluding hydrogens is 198 g/mol. The molecule has 2 N–H and O–H groups in total. The molecule has 4 nitrogen and oxygen atoms in total. The lowest BCUT2D eigenvalue weighted by molar-refractivity contribution is 0.272. The molecule has 14 heavy (non-hydrogen) atoms. The van der Waals surface area contributed by atoms with Crippen LogP contribution in [0.25, 0.3) is 10.2 Å². The average molecular weight is 209 g/mol. The molecule has 2 aromatic rings. The number of anilines is 1. The second kappa shape index (κ2) is 3.89. The van der Waals surface area contributed by atoms with Crippen molar-refractivity contribution in [1.82, 2.24) is 9.97 Å². The molecule has 0 aliphatic carbocycles. The summed E-state index contributed by atoms with van der Waals surface area (Å²) in [5, 5.41) is 15.1. The van der Waals surface area contributed by atoms with E-state index in [2.05, 4.69) is 15.3 Å². The number of rotatable bonds is 3. The second-order valence-electron chi connectivity index (χ2n) is 2.82. The van der Waals surface area contributed by atoms with Crippen LogP contribution < -0.4 is 5.32 Å². The van der Waals surface area contributed by atoms with Gasteiger partial charge >= 0.3 is 0 Å². The Labute approximate surface area is 85.6 Å². The Kier molecular flexibility index (Phi) is 2.60. The van der Waals surface area contributed by atoms with Crippen molar-refractivity contribution in [3.05, 3.63) is 17.3 Å². The highest BCUT2D eigenvalue weighted by molar-refractivity contribution is 7.16. The third-order valence-corrected chi connectivity index (χ3v) is 2.66. The Morgan fingerprint density at radius 2 is 2.36 bits per heavy atom. The van der Waals surface area contributed by atoms with E-state index in [4.69, 9.17) is 5.11 Å². The van der Waals surface area contributed by atoms with Crippen LogP contribution in [0.4, 0.5) is 5.82 Å². The lowest BCUT2D eigenvalue weighted by atomic mass is 10.3. The van der Waals surface area contributed by atoms with E-state index in [0.29, 0.717) is 5.82 Å². The first kappa shape index (κ1) is 9.36. The quantitative estimate of drug-likeness (QED) is 0.806. The highest BCUT2D eigenvalue weighted by atomic mass is 32.1. The Hall–Kier alpha value is -1.20. The van der Waals surface area contributed by atoms with Gasteiger partial charge < -0.3 is 10.4 Å². The number of aliphatic hydroxyl groups excluding tert-OH is 1. The van der Waals surface area contributed by atoms with Gasteiger partial charge in [0, 0.05) is 6.54 Å². The summed E-state index contributed by atoms with van der Waals surface area (Å²) in [6, 6.07) is 1.99. The average Bonchev–Trinajstić information content (AvgIpc) is 2.66. The minimum Gasteiger partial charge on any atom is -0.388 e. The SMILES string of the molecule is CCNc1nc(CO)nc2sccc12. The van der Waals surface area contributed by atoms with E-state index >= 15 is 0 Å². The standard InChI is InChI=1S/C9H11N3OS/c1-2-10-8-6-3-4-14-9(6)12-7(5-13)11-8/h3-4,13H,2,5H2,1H3,(H,10,11,12). The van der Waals surface area contributed by atoms with Crippen LogP contribution in [0.3, 0.4) is 0 Å². The van der Waals surface area contributed by atoms with Crippen LogP contribution in [0.15, 0.2) is 11.4 Å². The molecule has 0 spiro atoms. The fraction of sp³-hybridized carbons (Fsp3) is 0.333. The van der Waals surface area contributed by atoms with Gasteiger partial charge in [-0.15, -0.1) is 11.3 Å². The summed E-state index contributed by atoms with van der Waals surface area (Å²) in [5.41, 5.74) is 0. The first-order valence-electron chi connectivity index (χ1n) is 4.44. The summed E-state index contributed by atoms with van der Waals surface area (Å²) < 4.78 is 0. The molecule has 0 atom stereocenters. The van der Waals surface area contributed by atoms with Crippen molar-refractivity contribution in [2.75, 3.05) is 11.9 Å². The molecule has 0 unspecified atom stereocenters. The van der Waals surface area contributed by atoms with Crippen LogP contribution in [-0.2, 0) is 6.61 Å². The molecule has 2 aromatic heterocycles. The van der Waals surface area contributed by atoms with Crippen molar-refractivity contribution in [2.45, 2.75) is 13.5 Å². The summed E-state index contributed by atoms with van der Waals surface area (Å²) in [4.78, 5) is 9.35. The summed E-state index contributed by atoms with van der Waals surface area (Å²) in [5.74, 6) is 1.28. The van der Waals surface area contributed by atoms with Gasteiger partial charge in [-0.25, -0.2) is 9.97 Å². The highest BCUT2D eigenvalue weighted by Gasteiger charge is 2.06. The molecule has 0 aliphatic rings. The Morgan fingerprint density at radius 3 is 3.07 bits per heavy atom. The minimum atomic E-state index is -0.119. The van der Waals surface area contributed by atoms with Crippen LogP contribution in [0, 0.1) is 0 Å². The molecule has 74 valence electrons. The first-order chi connectivity index (χ1) is 6.85. The van der Waals surface area contributed by atoms with Gasteiger partial charge in [0.15, 0.2) is 5.82 Å². The maximum absolute atomic E-state index is 8.98. The van der Waals surface area contributed by atoms with Crippen molar-refractivity contribution in [3.63, 3.8) is 0 Å². The normalized spacial score (nSPS) is 10.7. The molecule has 5 heteroatoms. The zero-order valence-corrected chi connectivity index (χ0v) is 8.64. The van der Waals surface area contributed by atoms with E-state index in [1.54, 1.807) is 11.3 Å². The predicted octanol–water partition coefficient (Wildman–Crippen LogP) is 1.62. The maximum atomic E-state index is 8.98. The zero-order valence-electron chi connectivity index (χ0n) is 7.82. The van der Waals surface area contributed by atoms with E-state index in [9.17, 15) is 0 Å². The molecule has 0 saturated carbocycles. The molecule has 0 aliphatic heterocycles. The van der Waals surface area contributed by atoms with Crippen molar-refractivity contribution >= 4 is 27.4 Å². The van der Waals surface area contributed by atoms with Crippen LogP contribution in [0.2, 0.25) is 0 Å². The van der Waals surface area contributed by atoms with Gasteiger partial charge in [-0.2, -0.15) is 0 Å². The lowest BCUT2D eigenvalue weighted by Crippen LogP contribution is -2.03. The number of hydrogen-bond acceptors (Lipinski definition) is 5. The number of thiophene rings is 1. The van der Waals surface area contributed by atoms with Gasteiger partial charge in [0.25, 0.3) is 0 Å². The summed E-state index contributed by atoms with van der Waals surface area (Å²) >= 11 is 1.55. The second-order valence-corrected chi connectivity index (χ2v) is 3.71. The van der Waals surface area contributed by atoms with E-state index in [-0.39, 0.29) is 6.61 Å². The number of fused-ring (bicyclic) bond motifs is 1. The predicted molar refractivity (Wildman–Crippen MR) is 57.5 cm³/mol. The van der Waals surface area contributed by atoms with Gasteiger partial charge in [-0.1, -0.05) is 0 Å². The van der Waals surface area contributed by atoms with Crippen LogP contribution in [0.1, 0.15) is 12.7 Å². The largest absolute Gasteiger partial charge is 0.388 e. The molecule has 0 amide bonds. The van der Waals surface area contributed by atoms with Crippen molar-refractivity contribution in [1.29, 1.82) is 0 Å². The Balaban J connectivity index is 2.58. The molecule has 2 heterocycles. The lowest BCUT2D eigenvalue weighted by Gasteiger charge is -2.04. The van der Waals surface area contributed by atoms with Crippen LogP contribution in [-0.4, -0.2) is 21.6 Å². The molecule has 0 saturated heterocycles. The van der Waals surface area contributed by atoms with Gasteiger partial charge in [-0.05, 0) is 18.4 Å². The Morgan fingerprint density at radius 1 is 1.50 bits per heavy atom. The van der Waals surface area contributed by atoms with Crippen LogP contribution in [0.5, 0.6) is 0 Å². The fourth-order valence-electron chi connectivity index (χ4n) is 1.27. The number of aromatic nitrogens is 2. The topological polar surface area (TPSA) is 58.0 Å². The monoisotopic (exact) mass is 209 g/mol. The van der Waals surface area contributed by atoms with E-state index in [0.717, 1.165) is 22.6 Å².